The van der Waals surface area contributed by atoms with E-state index in [9.17, 15) is 22.8 Å². The first-order chi connectivity index (χ1) is 25.4. The number of piperidine rings is 1. The summed E-state index contributed by atoms with van der Waals surface area (Å²) in [5.41, 5.74) is 3.39. The van der Waals surface area contributed by atoms with Gasteiger partial charge >= 0.3 is 18.1 Å². The van der Waals surface area contributed by atoms with Crippen molar-refractivity contribution in [1.82, 2.24) is 24.4 Å². The lowest BCUT2D eigenvalue weighted by atomic mass is 10.1. The third kappa shape index (κ3) is 13.5. The third-order valence-corrected chi connectivity index (χ3v) is 9.96. The Morgan fingerprint density at radius 3 is 2.19 bits per heavy atom. The van der Waals surface area contributed by atoms with Crippen LogP contribution in [-0.2, 0) is 16.3 Å². The molecule has 1 aromatic carbocycles. The summed E-state index contributed by atoms with van der Waals surface area (Å²) in [6, 6.07) is 11.1. The minimum atomic E-state index is -5.08. The van der Waals surface area contributed by atoms with Crippen molar-refractivity contribution in [2.24, 2.45) is 0 Å². The van der Waals surface area contributed by atoms with Crippen molar-refractivity contribution in [2.75, 3.05) is 68.0 Å². The number of nitriles is 2. The van der Waals surface area contributed by atoms with Crippen LogP contribution in [0.25, 0.3) is 0 Å². The van der Waals surface area contributed by atoms with Crippen molar-refractivity contribution < 1.29 is 42.5 Å². The van der Waals surface area contributed by atoms with Gasteiger partial charge in [-0.15, -0.1) is 0 Å². The third-order valence-electron chi connectivity index (χ3n) is 8.26. The summed E-state index contributed by atoms with van der Waals surface area (Å²) in [7, 11) is 1.00. The summed E-state index contributed by atoms with van der Waals surface area (Å²) in [5, 5.41) is 36.7. The van der Waals surface area contributed by atoms with Crippen molar-refractivity contribution in [3.8, 4) is 12.1 Å². The van der Waals surface area contributed by atoms with Gasteiger partial charge in [0.15, 0.2) is 11.5 Å². The largest absolute Gasteiger partial charge is 0.490 e. The van der Waals surface area contributed by atoms with Gasteiger partial charge in [0.05, 0.1) is 17.6 Å². The zero-order chi connectivity index (χ0) is 40.1. The van der Waals surface area contributed by atoms with E-state index >= 15 is 0 Å². The quantitative estimate of drug-likeness (QED) is 0.163. The second-order valence-corrected chi connectivity index (χ2v) is 19.4. The number of halogens is 3. The first kappa shape index (κ1) is 43.0. The Morgan fingerprint density at radius 1 is 1.00 bits per heavy atom. The van der Waals surface area contributed by atoms with Crippen LogP contribution in [0.15, 0.2) is 30.6 Å². The molecular weight excluding hydrogens is 730 g/mol. The molecule has 2 aromatic heterocycles. The van der Waals surface area contributed by atoms with Crippen LogP contribution < -0.4 is 15.1 Å². The molecule has 0 saturated carbocycles. The van der Waals surface area contributed by atoms with Gasteiger partial charge in [-0.05, 0) is 50.6 Å². The van der Waals surface area contributed by atoms with E-state index < -0.39 is 26.2 Å². The lowest BCUT2D eigenvalue weighted by Crippen LogP contribution is -2.44. The smallest absolute Gasteiger partial charge is 0.475 e. The molecule has 4 N–H and O–H groups in total. The number of aromatic carboxylic acids is 1. The van der Waals surface area contributed by atoms with E-state index in [1.807, 2.05) is 18.2 Å². The molecule has 0 unspecified atom stereocenters. The monoisotopic (exact) mass is 774 g/mol. The number of hydrogen-bond donors (Lipinski definition) is 4. The number of carboxylic acid groups (broad SMARTS) is 2. The molecule has 0 radical (unpaired) electrons. The second-order valence-electron chi connectivity index (χ2n) is 13.7. The van der Waals surface area contributed by atoms with Gasteiger partial charge in [0.2, 0.25) is 5.82 Å². The Labute approximate surface area is 311 Å². The molecule has 54 heavy (non-hydrogen) atoms. The number of piperazine rings is 1. The first-order valence-corrected chi connectivity index (χ1v) is 20.8. The van der Waals surface area contributed by atoms with Gasteiger partial charge in [0.1, 0.15) is 24.6 Å². The molecule has 20 heteroatoms. The number of anilines is 3. The summed E-state index contributed by atoms with van der Waals surface area (Å²) in [4.78, 5) is 50.0. The highest BCUT2D eigenvalue weighted by atomic mass is 28.3. The van der Waals surface area contributed by atoms with Crippen molar-refractivity contribution >= 4 is 43.0 Å². The number of nitrogens with one attached hydrogen (secondary N) is 2. The van der Waals surface area contributed by atoms with E-state index in [2.05, 4.69) is 73.8 Å². The number of likely N-dealkylation sites (N-methyl/N-ethyl adjacent to an activating group) is 1. The van der Waals surface area contributed by atoms with Crippen LogP contribution >= 0.6 is 0 Å². The van der Waals surface area contributed by atoms with Crippen molar-refractivity contribution in [1.29, 1.82) is 10.5 Å². The normalized spacial score (nSPS) is 14.8. The molecule has 2 aliphatic rings. The highest BCUT2D eigenvalue weighted by molar-refractivity contribution is 6.76. The molecule has 16 nitrogen and oxygen atoms in total. The van der Waals surface area contributed by atoms with E-state index in [4.69, 9.17) is 30.3 Å². The fraction of sp³-hybridized carbons (Fsp3) is 0.500. The Bertz CT molecular complexity index is 1820. The predicted molar refractivity (Wildman–Crippen MR) is 195 cm³/mol. The van der Waals surface area contributed by atoms with Crippen LogP contribution in [0, 0.1) is 22.7 Å². The number of carbonyl (C=O) groups excluding carboxylic acids is 1. The van der Waals surface area contributed by atoms with Gasteiger partial charge in [-0.2, -0.15) is 23.7 Å². The molecule has 0 spiro atoms. The van der Waals surface area contributed by atoms with Crippen LogP contribution in [0.5, 0.6) is 0 Å². The van der Waals surface area contributed by atoms with Crippen molar-refractivity contribution in [3.63, 3.8) is 0 Å². The molecule has 3 aromatic rings. The van der Waals surface area contributed by atoms with Crippen LogP contribution in [0.1, 0.15) is 51.9 Å². The maximum atomic E-state index is 12.7. The maximum Gasteiger partial charge on any atom is 0.490 e. The van der Waals surface area contributed by atoms with Crippen molar-refractivity contribution in [2.45, 2.75) is 57.9 Å². The number of benzene rings is 1. The molecule has 2 fully saturated rings. The number of nitrogens with zero attached hydrogens (tertiary/aromatic N) is 8. The van der Waals surface area contributed by atoms with Crippen LogP contribution in [0.4, 0.5) is 30.2 Å². The fourth-order valence-corrected chi connectivity index (χ4v) is 6.00. The molecule has 0 aliphatic carbocycles. The zero-order valence-corrected chi connectivity index (χ0v) is 31.6. The molecule has 0 bridgehead atoms. The molecular formula is C34H45F3N10O6Si. The second kappa shape index (κ2) is 19.6. The highest BCUT2D eigenvalue weighted by Gasteiger charge is 2.38. The van der Waals surface area contributed by atoms with E-state index in [-0.39, 0.29) is 35.7 Å². The first-order valence-electron chi connectivity index (χ1n) is 17.1. The summed E-state index contributed by atoms with van der Waals surface area (Å²) >= 11 is 0. The number of amides is 1. The lowest BCUT2D eigenvalue weighted by Gasteiger charge is -2.36. The number of aliphatic carboxylic acids is 1. The van der Waals surface area contributed by atoms with E-state index in [1.54, 1.807) is 0 Å². The minimum Gasteiger partial charge on any atom is -0.475 e. The summed E-state index contributed by atoms with van der Waals surface area (Å²) in [6.45, 7) is 13.5. The van der Waals surface area contributed by atoms with Crippen LogP contribution in [0.2, 0.25) is 25.7 Å². The number of carbonyl (C=O) groups is 3. The number of H-pyrrole nitrogens is 1. The van der Waals surface area contributed by atoms with Crippen LogP contribution in [-0.4, -0.2) is 120 Å². The van der Waals surface area contributed by atoms with Gasteiger partial charge in [0.25, 0.3) is 5.91 Å². The Kier molecular flexibility index (Phi) is 15.6. The number of rotatable bonds is 10. The number of aromatic amines is 1. The van der Waals surface area contributed by atoms with E-state index in [0.29, 0.717) is 6.61 Å². The molecule has 4 heterocycles. The van der Waals surface area contributed by atoms with Gasteiger partial charge in [-0.3, -0.25) is 4.79 Å². The van der Waals surface area contributed by atoms with Crippen molar-refractivity contribution in [3.05, 3.63) is 53.6 Å². The number of hydrogen-bond acceptors (Lipinski definition) is 11. The molecule has 0 atom stereocenters. The summed E-state index contributed by atoms with van der Waals surface area (Å²) in [6.07, 6.45) is 1.25. The molecule has 1 amide bonds. The number of ether oxygens (including phenoxy) is 1. The SMILES string of the molecule is CN1CCN(c2ccc(NC(=O)c3ncc(C#N)[nH]3)c(N3CCCCC3)c2)CC1.C[Si](C)(C)CCOCn1cc(C#N)nc1C(=O)O.O=C(O)C(F)(F)F. The standard InChI is InChI=1S/C21H27N7O.C11H17N3O3Si.C2HF3O2/c1-26-9-11-27(12-10-26)17-5-6-18(19(13-17)28-7-3-2-4-8-28)25-21(29)20-23-15-16(14-22)24-20;1-18(2,3)5-4-17-8-14-7-9(6-12)13-10(14)11(15)16;3-2(4,5)1(6)7/h5-6,13,15H,2-4,7-12H2,1H3,(H,23,24)(H,25,29);7H,4-5,8H2,1-3H3,(H,15,16);(H,6,7). The number of alkyl halides is 3. The van der Waals surface area contributed by atoms with E-state index in [0.717, 1.165) is 69.5 Å². The summed E-state index contributed by atoms with van der Waals surface area (Å²) in [5.74, 6) is -4.27. The maximum absolute atomic E-state index is 12.7. The topological polar surface area (TPSA) is 217 Å². The number of aromatic nitrogens is 4. The predicted octanol–water partition coefficient (Wildman–Crippen LogP) is 4.67. The molecule has 5 rings (SSSR count). The molecule has 292 valence electrons. The van der Waals surface area contributed by atoms with Gasteiger partial charge < -0.3 is 44.5 Å². The highest BCUT2D eigenvalue weighted by Crippen LogP contribution is 2.33. The van der Waals surface area contributed by atoms with Crippen LogP contribution in [0.3, 0.4) is 0 Å². The molecule has 2 aliphatic heterocycles. The van der Waals surface area contributed by atoms with Gasteiger partial charge in [0, 0.05) is 65.8 Å². The lowest BCUT2D eigenvalue weighted by molar-refractivity contribution is -0.192. The summed E-state index contributed by atoms with van der Waals surface area (Å²) < 4.78 is 38.5. The average molecular weight is 775 g/mol. The fourth-order valence-electron chi connectivity index (χ4n) is 5.24. The average Bonchev–Trinajstić information content (AvgIpc) is 3.79. The number of carboxylic acids is 2. The van der Waals surface area contributed by atoms with E-state index in [1.165, 1.54) is 29.1 Å². The Hall–Kier alpha value is -5.44. The molecule has 2 saturated heterocycles. The Balaban J connectivity index is 0.000000267. The number of imidazole rings is 2. The van der Waals surface area contributed by atoms with Gasteiger partial charge in [-0.25, -0.2) is 19.6 Å². The Morgan fingerprint density at radius 2 is 1.65 bits per heavy atom. The zero-order valence-electron chi connectivity index (χ0n) is 30.6. The minimum absolute atomic E-state index is 0.0844. The van der Waals surface area contributed by atoms with Gasteiger partial charge in [-0.1, -0.05) is 19.6 Å².